The van der Waals surface area contributed by atoms with Gasteiger partial charge in [-0.15, -0.1) is 11.3 Å². The smallest absolute Gasteiger partial charge is 0.416 e. The summed E-state index contributed by atoms with van der Waals surface area (Å²) in [5.41, 5.74) is 12.6. The predicted octanol–water partition coefficient (Wildman–Crippen LogP) is 3.50. The molecule has 2 aromatic heterocycles. The third-order valence-corrected chi connectivity index (χ3v) is 5.01. The molecule has 1 atom stereocenters. The molecule has 1 aromatic carbocycles. The summed E-state index contributed by atoms with van der Waals surface area (Å²) in [4.78, 5) is 13.4. The Morgan fingerprint density at radius 1 is 1.14 bits per heavy atom. The van der Waals surface area contributed by atoms with Gasteiger partial charge in [0, 0.05) is 29.0 Å². The quantitative estimate of drug-likeness (QED) is 0.692. The first-order valence-corrected chi connectivity index (χ1v) is 9.02. The lowest BCUT2D eigenvalue weighted by atomic mass is 10.0. The first-order chi connectivity index (χ1) is 13.3. The van der Waals surface area contributed by atoms with Crippen LogP contribution in [0.3, 0.4) is 0 Å². The molecule has 0 radical (unpaired) electrons. The van der Waals surface area contributed by atoms with E-state index in [4.69, 9.17) is 16.2 Å². The van der Waals surface area contributed by atoms with Crippen LogP contribution < -0.4 is 16.2 Å². The molecule has 6 nitrogen and oxygen atoms in total. The molecule has 4 rings (SSSR count). The van der Waals surface area contributed by atoms with Gasteiger partial charge in [-0.3, -0.25) is 0 Å². The molecule has 2 heterocycles. The second-order valence-electron chi connectivity index (χ2n) is 6.14. The number of thiazole rings is 1. The van der Waals surface area contributed by atoms with E-state index in [9.17, 15) is 13.2 Å². The van der Waals surface area contributed by atoms with Crippen molar-refractivity contribution in [3.63, 3.8) is 0 Å². The molecule has 144 valence electrons. The summed E-state index contributed by atoms with van der Waals surface area (Å²) in [6.45, 7) is 0. The third-order valence-electron chi connectivity index (χ3n) is 4.10. The van der Waals surface area contributed by atoms with Gasteiger partial charge >= 0.3 is 6.18 Å². The summed E-state index contributed by atoms with van der Waals surface area (Å²) in [5, 5.41) is 0.418. The fourth-order valence-electron chi connectivity index (χ4n) is 2.83. The number of nitrogens with two attached hydrogens (primary N) is 2. The van der Waals surface area contributed by atoms with E-state index in [2.05, 4.69) is 15.0 Å². The average Bonchev–Trinajstić information content (AvgIpc) is 3.01. The largest absolute Gasteiger partial charge is 0.437 e. The lowest BCUT2D eigenvalue weighted by molar-refractivity contribution is -0.137. The minimum atomic E-state index is -4.39. The van der Waals surface area contributed by atoms with E-state index in [1.54, 1.807) is 12.1 Å². The van der Waals surface area contributed by atoms with Crippen molar-refractivity contribution >= 4 is 22.2 Å². The molecule has 0 fully saturated rings. The lowest BCUT2D eigenvalue weighted by Crippen LogP contribution is -2.24. The van der Waals surface area contributed by atoms with Crippen molar-refractivity contribution in [2.75, 3.05) is 5.73 Å². The van der Waals surface area contributed by atoms with Gasteiger partial charge in [-0.2, -0.15) is 13.2 Å². The van der Waals surface area contributed by atoms with Crippen molar-refractivity contribution in [1.82, 2.24) is 15.0 Å². The summed E-state index contributed by atoms with van der Waals surface area (Å²) in [5.74, 6) is 0.668. The molecule has 1 unspecified atom stereocenters. The Hall–Kier alpha value is -2.98. The number of aromatic nitrogens is 3. The normalized spacial score (nSPS) is 16.4. The lowest BCUT2D eigenvalue weighted by Gasteiger charge is -2.17. The zero-order valence-electron chi connectivity index (χ0n) is 14.3. The summed E-state index contributed by atoms with van der Waals surface area (Å²) in [6, 6.07) is 6.02. The van der Waals surface area contributed by atoms with E-state index in [1.165, 1.54) is 29.8 Å². The van der Waals surface area contributed by atoms with E-state index < -0.39 is 11.7 Å². The summed E-state index contributed by atoms with van der Waals surface area (Å²) in [7, 11) is 0. The van der Waals surface area contributed by atoms with Gasteiger partial charge in [-0.1, -0.05) is 12.1 Å². The average molecular weight is 405 g/mol. The highest BCUT2D eigenvalue weighted by atomic mass is 32.1. The van der Waals surface area contributed by atoms with Crippen molar-refractivity contribution in [1.29, 1.82) is 0 Å². The number of ether oxygens (including phenoxy) is 1. The molecule has 1 aliphatic rings. The Balaban J connectivity index is 1.61. The monoisotopic (exact) mass is 405 g/mol. The van der Waals surface area contributed by atoms with Crippen LogP contribution >= 0.6 is 11.3 Å². The summed E-state index contributed by atoms with van der Waals surface area (Å²) in [6.07, 6.45) is -0.751. The van der Waals surface area contributed by atoms with Crippen LogP contribution in [0.2, 0.25) is 0 Å². The molecular weight excluding hydrogens is 391 g/mol. The van der Waals surface area contributed by atoms with Crippen molar-refractivity contribution in [2.24, 2.45) is 5.73 Å². The molecule has 0 bridgehead atoms. The Labute approximate surface area is 161 Å². The first kappa shape index (κ1) is 18.4. The molecule has 3 aromatic rings. The zero-order valence-corrected chi connectivity index (χ0v) is 15.1. The van der Waals surface area contributed by atoms with Crippen molar-refractivity contribution < 1.29 is 17.9 Å². The summed E-state index contributed by atoms with van der Waals surface area (Å²) < 4.78 is 44.0. The summed E-state index contributed by atoms with van der Waals surface area (Å²) >= 11 is 1.35. The Morgan fingerprint density at radius 2 is 1.89 bits per heavy atom. The van der Waals surface area contributed by atoms with E-state index >= 15 is 0 Å². The van der Waals surface area contributed by atoms with E-state index in [0.29, 0.717) is 34.3 Å². The van der Waals surface area contributed by atoms with Crippen LogP contribution in [0.5, 0.6) is 5.88 Å². The number of hydrogen-bond acceptors (Lipinski definition) is 7. The zero-order chi connectivity index (χ0) is 19.9. The van der Waals surface area contributed by atoms with Gasteiger partial charge < -0.3 is 16.2 Å². The van der Waals surface area contributed by atoms with Crippen LogP contribution in [0.15, 0.2) is 42.7 Å². The van der Waals surface area contributed by atoms with Gasteiger partial charge in [0.25, 0.3) is 0 Å². The Kier molecular flexibility index (Phi) is 4.52. The maximum atomic E-state index is 12.7. The predicted molar refractivity (Wildman–Crippen MR) is 99.3 cm³/mol. The molecule has 0 saturated heterocycles. The fraction of sp³-hybridized carbons (Fsp3) is 0.167. The number of anilines is 1. The molecule has 10 heteroatoms. The number of nitrogen functional groups attached to an aromatic ring is 1. The number of nitrogens with zero attached hydrogens (tertiary/aromatic N) is 3. The number of rotatable bonds is 3. The molecule has 0 aliphatic heterocycles. The van der Waals surface area contributed by atoms with Gasteiger partial charge in [0.05, 0.1) is 11.3 Å². The van der Waals surface area contributed by atoms with Gasteiger partial charge in [-0.05, 0) is 18.2 Å². The van der Waals surface area contributed by atoms with Crippen molar-refractivity contribution in [3.05, 3.63) is 58.9 Å². The highest BCUT2D eigenvalue weighted by Gasteiger charge is 2.30. The van der Waals surface area contributed by atoms with E-state index in [0.717, 1.165) is 17.0 Å². The molecule has 0 amide bonds. The number of hydrogen-bond donors (Lipinski definition) is 2. The molecule has 28 heavy (non-hydrogen) atoms. The molecule has 4 N–H and O–H groups in total. The third kappa shape index (κ3) is 3.69. The fourth-order valence-corrected chi connectivity index (χ4v) is 3.73. The minimum Gasteiger partial charge on any atom is -0.437 e. The second-order valence-corrected chi connectivity index (χ2v) is 7.26. The molecular formula is C18H14F3N5OS. The van der Waals surface area contributed by atoms with Gasteiger partial charge in [-0.25, -0.2) is 15.0 Å². The van der Waals surface area contributed by atoms with Crippen LogP contribution in [0.4, 0.5) is 18.3 Å². The minimum absolute atomic E-state index is 0.225. The molecule has 0 saturated carbocycles. The highest BCUT2D eigenvalue weighted by Crippen LogP contribution is 2.34. The maximum Gasteiger partial charge on any atom is 0.416 e. The van der Waals surface area contributed by atoms with E-state index in [-0.39, 0.29) is 11.9 Å². The Morgan fingerprint density at radius 3 is 2.61 bits per heavy atom. The second kappa shape index (κ2) is 6.88. The maximum absolute atomic E-state index is 12.7. The standard InChI is InChI=1S/C18H14F3N5OS/c19-18(20,21)10-3-1-9(2-4-10)12-7-15(25-8-24-12)27-13-5-11(22)6-14-16(13)26-17(23)28-14/h1-5,7-8,11H,6,22H2,(H2,23,26). The number of fused-ring (bicyclic) bond motifs is 1. The molecule has 1 aliphatic carbocycles. The SMILES string of the molecule is Nc1nc2c(s1)CC(N)C=C2Oc1cc(-c2ccc(C(F)(F)F)cc2)ncn1. The molecule has 0 spiro atoms. The number of benzene rings is 1. The van der Waals surface area contributed by atoms with Gasteiger partial charge in [0.2, 0.25) is 5.88 Å². The highest BCUT2D eigenvalue weighted by molar-refractivity contribution is 7.15. The number of alkyl halides is 3. The van der Waals surface area contributed by atoms with Crippen molar-refractivity contribution in [2.45, 2.75) is 18.6 Å². The van der Waals surface area contributed by atoms with Crippen molar-refractivity contribution in [3.8, 4) is 17.1 Å². The van der Waals surface area contributed by atoms with Crippen LogP contribution in [0, 0.1) is 0 Å². The van der Waals surface area contributed by atoms with E-state index in [1.807, 2.05) is 0 Å². The van der Waals surface area contributed by atoms with Crippen LogP contribution in [0.1, 0.15) is 16.1 Å². The Bertz CT molecular complexity index is 1050. The first-order valence-electron chi connectivity index (χ1n) is 8.20. The van der Waals surface area contributed by atoms with Gasteiger partial charge in [0.1, 0.15) is 12.0 Å². The van der Waals surface area contributed by atoms with Gasteiger partial charge in [0.15, 0.2) is 10.9 Å². The van der Waals surface area contributed by atoms with Crippen LogP contribution in [-0.2, 0) is 12.6 Å². The van der Waals surface area contributed by atoms with Crippen LogP contribution in [0.25, 0.3) is 17.0 Å². The topological polar surface area (TPSA) is 99.9 Å². The number of halogens is 3. The van der Waals surface area contributed by atoms with Crippen LogP contribution in [-0.4, -0.2) is 21.0 Å².